The van der Waals surface area contributed by atoms with Gasteiger partial charge in [-0.1, -0.05) is 11.6 Å². The van der Waals surface area contributed by atoms with Gasteiger partial charge in [0.2, 0.25) is 5.91 Å². The second kappa shape index (κ2) is 6.78. The largest absolute Gasteiger partial charge is 0.417 e. The second-order valence-corrected chi connectivity index (χ2v) is 4.38. The van der Waals surface area contributed by atoms with E-state index in [0.29, 0.717) is 19.3 Å². The standard InChI is InChI=1S/C12H15ClF3N3O/c1-3-19(4-2)10(20)7-18-11-9(13)5-8(6-17-11)12(14,15)16/h5-6H,3-4,7H2,1-2H3,(H,17,18). The molecular formula is C12H15ClF3N3O. The van der Waals surface area contributed by atoms with Gasteiger partial charge >= 0.3 is 6.18 Å². The molecule has 0 aliphatic rings. The molecule has 4 nitrogen and oxygen atoms in total. The van der Waals surface area contributed by atoms with Crippen LogP contribution in [0.4, 0.5) is 19.0 Å². The Hall–Kier alpha value is -1.50. The van der Waals surface area contributed by atoms with Crippen LogP contribution in [0.3, 0.4) is 0 Å². The van der Waals surface area contributed by atoms with Crippen molar-refractivity contribution in [2.24, 2.45) is 0 Å². The van der Waals surface area contributed by atoms with Crippen molar-refractivity contribution in [2.75, 3.05) is 25.0 Å². The van der Waals surface area contributed by atoms with Gasteiger partial charge in [-0.2, -0.15) is 13.2 Å². The van der Waals surface area contributed by atoms with Crippen molar-refractivity contribution in [2.45, 2.75) is 20.0 Å². The molecular weight excluding hydrogens is 295 g/mol. The molecule has 0 saturated heterocycles. The van der Waals surface area contributed by atoms with Crippen LogP contribution in [-0.2, 0) is 11.0 Å². The maximum absolute atomic E-state index is 12.4. The van der Waals surface area contributed by atoms with E-state index in [9.17, 15) is 18.0 Å². The number of likely N-dealkylation sites (N-methyl/N-ethyl adjacent to an activating group) is 1. The molecule has 1 heterocycles. The van der Waals surface area contributed by atoms with Crippen LogP contribution in [0.2, 0.25) is 5.02 Å². The molecule has 1 amide bonds. The summed E-state index contributed by atoms with van der Waals surface area (Å²) < 4.78 is 37.3. The van der Waals surface area contributed by atoms with Gasteiger partial charge in [0.1, 0.15) is 5.82 Å². The first-order chi connectivity index (χ1) is 9.29. The molecule has 1 rings (SSSR count). The highest BCUT2D eigenvalue weighted by molar-refractivity contribution is 6.33. The molecule has 1 N–H and O–H groups in total. The number of pyridine rings is 1. The van der Waals surface area contributed by atoms with Gasteiger partial charge in [0.25, 0.3) is 0 Å². The quantitative estimate of drug-likeness (QED) is 0.909. The van der Waals surface area contributed by atoms with Crippen molar-refractivity contribution in [1.82, 2.24) is 9.88 Å². The second-order valence-electron chi connectivity index (χ2n) is 3.97. The molecule has 0 radical (unpaired) electrons. The summed E-state index contributed by atoms with van der Waals surface area (Å²) in [7, 11) is 0. The summed E-state index contributed by atoms with van der Waals surface area (Å²) in [6, 6.07) is 0.777. The number of nitrogens with zero attached hydrogens (tertiary/aromatic N) is 2. The maximum Gasteiger partial charge on any atom is 0.417 e. The van der Waals surface area contributed by atoms with Crippen LogP contribution in [0.5, 0.6) is 0 Å². The first kappa shape index (κ1) is 16.6. The third kappa shape index (κ3) is 4.26. The number of nitrogens with one attached hydrogen (secondary N) is 1. The van der Waals surface area contributed by atoms with Crippen LogP contribution < -0.4 is 5.32 Å². The Kier molecular flexibility index (Phi) is 5.62. The fraction of sp³-hybridized carbons (Fsp3) is 0.500. The Morgan fingerprint density at radius 1 is 1.40 bits per heavy atom. The van der Waals surface area contributed by atoms with E-state index in [2.05, 4.69) is 10.3 Å². The minimum Gasteiger partial charge on any atom is -0.360 e. The first-order valence-electron chi connectivity index (χ1n) is 6.04. The SMILES string of the molecule is CCN(CC)C(=O)CNc1ncc(C(F)(F)F)cc1Cl. The van der Waals surface area contributed by atoms with Gasteiger partial charge in [0, 0.05) is 19.3 Å². The minimum atomic E-state index is -4.49. The van der Waals surface area contributed by atoms with Crippen molar-refractivity contribution in [3.63, 3.8) is 0 Å². The monoisotopic (exact) mass is 309 g/mol. The predicted octanol–water partition coefficient (Wildman–Crippen LogP) is 3.03. The number of amides is 1. The zero-order chi connectivity index (χ0) is 15.3. The molecule has 20 heavy (non-hydrogen) atoms. The van der Waals surface area contributed by atoms with Crippen LogP contribution in [0.25, 0.3) is 0 Å². The summed E-state index contributed by atoms with van der Waals surface area (Å²) in [6.45, 7) is 4.73. The molecule has 0 aromatic carbocycles. The summed E-state index contributed by atoms with van der Waals surface area (Å²) in [6.07, 6.45) is -3.82. The van der Waals surface area contributed by atoms with Crippen LogP contribution in [0.15, 0.2) is 12.3 Å². The third-order valence-corrected chi connectivity index (χ3v) is 2.98. The van der Waals surface area contributed by atoms with Crippen molar-refractivity contribution < 1.29 is 18.0 Å². The van der Waals surface area contributed by atoms with Crippen LogP contribution in [0.1, 0.15) is 19.4 Å². The summed E-state index contributed by atoms with van der Waals surface area (Å²) in [5, 5.41) is 2.46. The molecule has 1 aromatic heterocycles. The normalized spacial score (nSPS) is 11.3. The molecule has 112 valence electrons. The lowest BCUT2D eigenvalue weighted by Gasteiger charge is -2.19. The van der Waals surface area contributed by atoms with Gasteiger partial charge in [-0.3, -0.25) is 4.79 Å². The van der Waals surface area contributed by atoms with Gasteiger partial charge in [0.05, 0.1) is 17.1 Å². The number of rotatable bonds is 5. The molecule has 1 aromatic rings. The smallest absolute Gasteiger partial charge is 0.360 e. The Labute approximate surface area is 119 Å². The number of halogens is 4. The fourth-order valence-electron chi connectivity index (χ4n) is 1.57. The lowest BCUT2D eigenvalue weighted by atomic mass is 10.3. The zero-order valence-electron chi connectivity index (χ0n) is 11.1. The van der Waals surface area contributed by atoms with E-state index in [0.717, 1.165) is 6.07 Å². The maximum atomic E-state index is 12.4. The van der Waals surface area contributed by atoms with Gasteiger partial charge in [0.15, 0.2) is 0 Å². The van der Waals surface area contributed by atoms with Crippen molar-refractivity contribution in [3.8, 4) is 0 Å². The number of hydrogen-bond acceptors (Lipinski definition) is 3. The fourth-order valence-corrected chi connectivity index (χ4v) is 1.80. The highest BCUT2D eigenvalue weighted by atomic mass is 35.5. The Balaban J connectivity index is 2.73. The van der Waals surface area contributed by atoms with E-state index in [1.165, 1.54) is 0 Å². The number of carbonyl (C=O) groups excluding carboxylic acids is 1. The van der Waals surface area contributed by atoms with E-state index in [1.807, 2.05) is 13.8 Å². The number of carbonyl (C=O) groups is 1. The number of anilines is 1. The van der Waals surface area contributed by atoms with E-state index in [-0.39, 0.29) is 23.3 Å². The van der Waals surface area contributed by atoms with Gasteiger partial charge in [-0.25, -0.2) is 4.98 Å². The van der Waals surface area contributed by atoms with Gasteiger partial charge < -0.3 is 10.2 Å². The minimum absolute atomic E-state index is 0.0557. The number of hydrogen-bond donors (Lipinski definition) is 1. The molecule has 0 aliphatic heterocycles. The van der Waals surface area contributed by atoms with Gasteiger partial charge in [-0.05, 0) is 19.9 Å². The van der Waals surface area contributed by atoms with E-state index >= 15 is 0 Å². The van der Waals surface area contributed by atoms with Gasteiger partial charge in [-0.15, -0.1) is 0 Å². The molecule has 0 unspecified atom stereocenters. The number of alkyl halides is 3. The Morgan fingerprint density at radius 2 is 2.00 bits per heavy atom. The van der Waals surface area contributed by atoms with E-state index in [4.69, 9.17) is 11.6 Å². The summed E-state index contributed by atoms with van der Waals surface area (Å²) in [5.74, 6) is -0.118. The molecule has 0 spiro atoms. The van der Waals surface area contributed by atoms with E-state index in [1.54, 1.807) is 4.90 Å². The van der Waals surface area contributed by atoms with Crippen molar-refractivity contribution in [1.29, 1.82) is 0 Å². The third-order valence-electron chi connectivity index (χ3n) is 2.69. The summed E-state index contributed by atoms with van der Waals surface area (Å²) in [4.78, 5) is 16.9. The van der Waals surface area contributed by atoms with Crippen LogP contribution in [-0.4, -0.2) is 35.4 Å². The Morgan fingerprint density at radius 3 is 2.45 bits per heavy atom. The molecule has 0 fully saturated rings. The van der Waals surface area contributed by atoms with Crippen LogP contribution in [0, 0.1) is 0 Å². The topological polar surface area (TPSA) is 45.2 Å². The lowest BCUT2D eigenvalue weighted by Crippen LogP contribution is -2.35. The molecule has 0 saturated carbocycles. The van der Waals surface area contributed by atoms with Crippen molar-refractivity contribution >= 4 is 23.3 Å². The zero-order valence-corrected chi connectivity index (χ0v) is 11.8. The first-order valence-corrected chi connectivity index (χ1v) is 6.41. The molecule has 0 bridgehead atoms. The summed E-state index contributed by atoms with van der Waals surface area (Å²) >= 11 is 5.72. The number of aromatic nitrogens is 1. The highest BCUT2D eigenvalue weighted by Gasteiger charge is 2.31. The average Bonchev–Trinajstić information content (AvgIpc) is 2.37. The van der Waals surface area contributed by atoms with E-state index < -0.39 is 11.7 Å². The predicted molar refractivity (Wildman–Crippen MR) is 70.7 cm³/mol. The summed E-state index contributed by atoms with van der Waals surface area (Å²) in [5.41, 5.74) is -0.928. The van der Waals surface area contributed by atoms with Crippen molar-refractivity contribution in [3.05, 3.63) is 22.8 Å². The Bertz CT molecular complexity index is 476. The molecule has 0 atom stereocenters. The average molecular weight is 310 g/mol. The molecule has 8 heteroatoms. The molecule has 0 aliphatic carbocycles. The van der Waals surface area contributed by atoms with Crippen LogP contribution >= 0.6 is 11.6 Å². The highest BCUT2D eigenvalue weighted by Crippen LogP contribution is 2.32. The lowest BCUT2D eigenvalue weighted by molar-refractivity contribution is -0.137.